The van der Waals surface area contributed by atoms with Crippen LogP contribution in [0.2, 0.25) is 0 Å². The van der Waals surface area contributed by atoms with E-state index in [4.69, 9.17) is 0 Å². The Hall–Kier alpha value is -0.680. The SMILES string of the molecule is CCCCc1ccccc1C(=O)C(P)(CCCC)CCCC. The second kappa shape index (κ2) is 10.2. The summed E-state index contributed by atoms with van der Waals surface area (Å²) in [7, 11) is 2.93. The fourth-order valence-electron chi connectivity index (χ4n) is 2.93. The van der Waals surface area contributed by atoms with Gasteiger partial charge in [0.1, 0.15) is 0 Å². The molecule has 2 heteroatoms. The van der Waals surface area contributed by atoms with Crippen molar-refractivity contribution in [3.63, 3.8) is 0 Å². The first-order valence-electron chi connectivity index (χ1n) is 9.00. The smallest absolute Gasteiger partial charge is 0.173 e. The van der Waals surface area contributed by atoms with E-state index >= 15 is 0 Å². The molecule has 1 aromatic carbocycles. The molecular formula is C20H33OP. The van der Waals surface area contributed by atoms with Gasteiger partial charge in [0.05, 0.1) is 0 Å². The zero-order valence-electron chi connectivity index (χ0n) is 14.7. The highest BCUT2D eigenvalue weighted by atomic mass is 31.0. The molecule has 0 aliphatic rings. The summed E-state index contributed by atoms with van der Waals surface area (Å²) in [6.07, 6.45) is 9.83. The largest absolute Gasteiger partial charge is 0.293 e. The third-order valence-corrected chi connectivity index (χ3v) is 5.31. The normalized spacial score (nSPS) is 11.6. The minimum Gasteiger partial charge on any atom is -0.293 e. The van der Waals surface area contributed by atoms with Gasteiger partial charge in [-0.2, -0.15) is 0 Å². The fourth-order valence-corrected chi connectivity index (χ4v) is 3.50. The van der Waals surface area contributed by atoms with E-state index < -0.39 is 0 Å². The molecule has 0 radical (unpaired) electrons. The summed E-state index contributed by atoms with van der Waals surface area (Å²) in [6, 6.07) is 8.23. The molecule has 22 heavy (non-hydrogen) atoms. The van der Waals surface area contributed by atoms with Gasteiger partial charge >= 0.3 is 0 Å². The van der Waals surface area contributed by atoms with E-state index in [0.717, 1.165) is 56.9 Å². The van der Waals surface area contributed by atoms with Gasteiger partial charge in [0, 0.05) is 10.7 Å². The van der Waals surface area contributed by atoms with Gasteiger partial charge in [-0.1, -0.05) is 77.1 Å². The second-order valence-corrected chi connectivity index (χ2v) is 7.56. The van der Waals surface area contributed by atoms with Crippen LogP contribution in [0, 0.1) is 0 Å². The molecule has 0 saturated carbocycles. The molecule has 0 spiro atoms. The lowest BCUT2D eigenvalue weighted by Gasteiger charge is -2.29. The Balaban J connectivity index is 3.02. The number of ketones is 1. The summed E-state index contributed by atoms with van der Waals surface area (Å²) < 4.78 is 0. The molecule has 0 fully saturated rings. The first-order valence-corrected chi connectivity index (χ1v) is 9.58. The second-order valence-electron chi connectivity index (χ2n) is 6.45. The lowest BCUT2D eigenvalue weighted by atomic mass is 9.85. The van der Waals surface area contributed by atoms with Gasteiger partial charge < -0.3 is 0 Å². The van der Waals surface area contributed by atoms with E-state index in [2.05, 4.69) is 42.1 Å². The van der Waals surface area contributed by atoms with Gasteiger partial charge in [-0.3, -0.25) is 4.79 Å². The van der Waals surface area contributed by atoms with Crippen molar-refractivity contribution in [2.75, 3.05) is 0 Å². The van der Waals surface area contributed by atoms with E-state index in [1.165, 1.54) is 12.0 Å². The van der Waals surface area contributed by atoms with Crippen LogP contribution in [0.5, 0.6) is 0 Å². The Morgan fingerprint density at radius 3 is 2.05 bits per heavy atom. The molecule has 0 aromatic heterocycles. The zero-order chi connectivity index (χ0) is 16.4. The van der Waals surface area contributed by atoms with Crippen molar-refractivity contribution in [1.29, 1.82) is 0 Å². The van der Waals surface area contributed by atoms with E-state index in [1.807, 2.05) is 12.1 Å². The lowest BCUT2D eigenvalue weighted by Crippen LogP contribution is -2.33. The fraction of sp³-hybridized carbons (Fsp3) is 0.650. The van der Waals surface area contributed by atoms with Crippen molar-refractivity contribution in [1.82, 2.24) is 0 Å². The highest BCUT2D eigenvalue weighted by molar-refractivity contribution is 7.21. The molecule has 0 heterocycles. The predicted molar refractivity (Wildman–Crippen MR) is 101 cm³/mol. The third kappa shape index (κ3) is 5.51. The van der Waals surface area contributed by atoms with Crippen LogP contribution in [0.25, 0.3) is 0 Å². The van der Waals surface area contributed by atoms with Gasteiger partial charge in [-0.25, -0.2) is 0 Å². The molecule has 0 amide bonds. The topological polar surface area (TPSA) is 17.1 Å². The van der Waals surface area contributed by atoms with Crippen molar-refractivity contribution in [2.24, 2.45) is 0 Å². The van der Waals surface area contributed by atoms with Crippen LogP contribution in [0.4, 0.5) is 0 Å². The maximum atomic E-state index is 13.2. The Labute approximate surface area is 139 Å². The first kappa shape index (κ1) is 19.4. The molecule has 124 valence electrons. The van der Waals surface area contributed by atoms with E-state index in [0.29, 0.717) is 5.78 Å². The number of benzene rings is 1. The van der Waals surface area contributed by atoms with Crippen molar-refractivity contribution in [2.45, 2.75) is 83.7 Å². The average molecular weight is 320 g/mol. The summed E-state index contributed by atoms with van der Waals surface area (Å²) in [4.78, 5) is 13.2. The molecule has 1 aromatic rings. The van der Waals surface area contributed by atoms with Crippen molar-refractivity contribution in [3.05, 3.63) is 35.4 Å². The van der Waals surface area contributed by atoms with Gasteiger partial charge in [0.2, 0.25) is 0 Å². The highest BCUT2D eigenvalue weighted by Crippen LogP contribution is 2.36. The summed E-state index contributed by atoms with van der Waals surface area (Å²) >= 11 is 0. The number of aryl methyl sites for hydroxylation is 1. The quantitative estimate of drug-likeness (QED) is 0.350. The van der Waals surface area contributed by atoms with Crippen LogP contribution < -0.4 is 0 Å². The highest BCUT2D eigenvalue weighted by Gasteiger charge is 2.33. The molecule has 1 atom stereocenters. The first-order chi connectivity index (χ1) is 10.6. The minimum atomic E-state index is -0.270. The maximum Gasteiger partial charge on any atom is 0.173 e. The molecule has 0 bridgehead atoms. The molecule has 1 unspecified atom stereocenters. The van der Waals surface area contributed by atoms with Gasteiger partial charge in [0.25, 0.3) is 0 Å². The summed E-state index contributed by atoms with van der Waals surface area (Å²) in [5, 5.41) is -0.270. The number of Topliss-reactive ketones (excluding diaryl/α,β-unsaturated/α-hetero) is 1. The average Bonchev–Trinajstić information content (AvgIpc) is 2.55. The van der Waals surface area contributed by atoms with Crippen molar-refractivity contribution in [3.8, 4) is 0 Å². The van der Waals surface area contributed by atoms with Crippen LogP contribution in [0.15, 0.2) is 24.3 Å². The van der Waals surface area contributed by atoms with Crippen LogP contribution in [0.3, 0.4) is 0 Å². The standard InChI is InChI=1S/C20H33OP/c1-4-7-12-17-13-10-11-14-18(17)19(21)20(22,15-8-5-2)16-9-6-3/h10-11,13-14H,4-9,12,15-16,22H2,1-3H3. The Kier molecular flexibility index (Phi) is 8.95. The predicted octanol–water partition coefficient (Wildman–Crippen LogP) is 6.21. The maximum absolute atomic E-state index is 13.2. The van der Waals surface area contributed by atoms with E-state index in [9.17, 15) is 4.79 Å². The summed E-state index contributed by atoms with van der Waals surface area (Å²) in [5.74, 6) is 0.339. The number of carbonyl (C=O) groups excluding carboxylic acids is 1. The van der Waals surface area contributed by atoms with E-state index in [1.54, 1.807) is 0 Å². The number of hydrogen-bond acceptors (Lipinski definition) is 1. The Bertz CT molecular complexity index is 445. The van der Waals surface area contributed by atoms with Crippen molar-refractivity contribution < 1.29 is 4.79 Å². The minimum absolute atomic E-state index is 0.270. The van der Waals surface area contributed by atoms with Crippen LogP contribution in [-0.2, 0) is 6.42 Å². The molecule has 1 nitrogen and oxygen atoms in total. The number of hydrogen-bond donors (Lipinski definition) is 0. The van der Waals surface area contributed by atoms with Gasteiger partial charge in [0.15, 0.2) is 5.78 Å². The Morgan fingerprint density at radius 1 is 0.955 bits per heavy atom. The van der Waals surface area contributed by atoms with Gasteiger partial charge in [-0.05, 0) is 31.2 Å². The monoisotopic (exact) mass is 320 g/mol. The van der Waals surface area contributed by atoms with Crippen LogP contribution >= 0.6 is 9.24 Å². The third-order valence-electron chi connectivity index (χ3n) is 4.47. The van der Waals surface area contributed by atoms with Gasteiger partial charge in [-0.15, -0.1) is 9.24 Å². The van der Waals surface area contributed by atoms with Crippen LogP contribution in [-0.4, -0.2) is 10.9 Å². The zero-order valence-corrected chi connectivity index (χ0v) is 15.8. The number of rotatable bonds is 11. The van der Waals surface area contributed by atoms with E-state index in [-0.39, 0.29) is 5.16 Å². The molecule has 0 aliphatic heterocycles. The molecule has 1 rings (SSSR count). The molecule has 0 N–H and O–H groups in total. The Morgan fingerprint density at radius 2 is 1.50 bits per heavy atom. The molecular weight excluding hydrogens is 287 g/mol. The summed E-state index contributed by atoms with van der Waals surface area (Å²) in [6.45, 7) is 6.60. The molecule has 0 saturated heterocycles. The van der Waals surface area contributed by atoms with Crippen LogP contribution in [0.1, 0.15) is 88.1 Å². The van der Waals surface area contributed by atoms with Crippen molar-refractivity contribution >= 4 is 15.0 Å². The lowest BCUT2D eigenvalue weighted by molar-refractivity contribution is 0.0927. The summed E-state index contributed by atoms with van der Waals surface area (Å²) in [5.41, 5.74) is 2.19. The number of unbranched alkanes of at least 4 members (excludes halogenated alkanes) is 3. The molecule has 0 aliphatic carbocycles. The number of carbonyl (C=O) groups is 1.